The van der Waals surface area contributed by atoms with Gasteiger partial charge in [0.2, 0.25) is 6.79 Å². The second kappa shape index (κ2) is 8.44. The Morgan fingerprint density at radius 1 is 1.21 bits per heavy atom. The average Bonchev–Trinajstić information content (AvgIpc) is 3.38. The van der Waals surface area contributed by atoms with Gasteiger partial charge in [-0.2, -0.15) is 0 Å². The van der Waals surface area contributed by atoms with Crippen LogP contribution < -0.4 is 19.5 Å². The summed E-state index contributed by atoms with van der Waals surface area (Å²) < 4.78 is 17.5. The first-order valence-corrected chi connectivity index (χ1v) is 10.2. The fraction of sp³-hybridized carbons (Fsp3) is 0.250. The number of fused-ring (bicyclic) bond motifs is 1. The van der Waals surface area contributed by atoms with Crippen molar-refractivity contribution in [2.45, 2.75) is 12.8 Å². The number of carbonyl (C=O) groups excluding carboxylic acids is 1. The molecule has 0 atom stereocenters. The van der Waals surface area contributed by atoms with Gasteiger partial charge >= 0.3 is 0 Å². The summed E-state index contributed by atoms with van der Waals surface area (Å²) in [6, 6.07) is 12.7. The second-order valence-corrected chi connectivity index (χ2v) is 7.40. The van der Waals surface area contributed by atoms with Crippen LogP contribution in [0.1, 0.15) is 17.4 Å². The monoisotopic (exact) mass is 412 g/mol. The number of ether oxygens (including phenoxy) is 3. The summed E-state index contributed by atoms with van der Waals surface area (Å²) in [5.41, 5.74) is 2.31. The number of benzene rings is 2. The van der Waals surface area contributed by atoms with Crippen LogP contribution in [0.15, 0.2) is 42.5 Å². The Morgan fingerprint density at radius 3 is 2.76 bits per heavy atom. The Morgan fingerprint density at radius 2 is 2.00 bits per heavy atom. The van der Waals surface area contributed by atoms with Crippen LogP contribution >= 0.6 is 11.8 Å². The van der Waals surface area contributed by atoms with Crippen LogP contribution in [0.4, 0.5) is 5.69 Å². The first kappa shape index (κ1) is 19.1. The molecule has 1 aliphatic heterocycles. The molecule has 150 valence electrons. The van der Waals surface area contributed by atoms with Gasteiger partial charge in [-0.05, 0) is 42.2 Å². The lowest BCUT2D eigenvalue weighted by atomic mass is 10.1. The molecule has 9 heteroatoms. The van der Waals surface area contributed by atoms with Gasteiger partial charge in [0.25, 0.3) is 5.91 Å². The molecule has 0 fully saturated rings. The highest BCUT2D eigenvalue weighted by molar-refractivity contribution is 7.98. The summed E-state index contributed by atoms with van der Waals surface area (Å²) in [4.78, 5) is 13.2. The lowest BCUT2D eigenvalue weighted by Gasteiger charge is -2.10. The minimum atomic E-state index is -0.295. The van der Waals surface area contributed by atoms with Crippen LogP contribution in [0.25, 0.3) is 11.3 Å². The van der Waals surface area contributed by atoms with E-state index in [9.17, 15) is 4.79 Å². The number of carbonyl (C=O) groups is 1. The first-order valence-electron chi connectivity index (χ1n) is 9.06. The molecule has 2 heterocycles. The number of amides is 1. The summed E-state index contributed by atoms with van der Waals surface area (Å²) in [5, 5.41) is 11.4. The van der Waals surface area contributed by atoms with E-state index in [2.05, 4.69) is 22.6 Å². The summed E-state index contributed by atoms with van der Waals surface area (Å²) in [7, 11) is 1.61. The van der Waals surface area contributed by atoms with Crippen molar-refractivity contribution in [2.75, 3.05) is 25.0 Å². The van der Waals surface area contributed by atoms with Crippen molar-refractivity contribution in [3.8, 4) is 28.5 Å². The van der Waals surface area contributed by atoms with Gasteiger partial charge in [-0.25, -0.2) is 4.68 Å². The maximum Gasteiger partial charge on any atom is 0.276 e. The number of rotatable bonds is 7. The van der Waals surface area contributed by atoms with Gasteiger partial charge in [-0.1, -0.05) is 12.1 Å². The Balaban J connectivity index is 1.65. The highest BCUT2D eigenvalue weighted by atomic mass is 32.2. The van der Waals surface area contributed by atoms with E-state index >= 15 is 0 Å². The first-order chi connectivity index (χ1) is 14.2. The van der Waals surface area contributed by atoms with Gasteiger partial charge in [-0.3, -0.25) is 4.79 Å². The average molecular weight is 412 g/mol. The molecule has 8 nitrogen and oxygen atoms in total. The summed E-state index contributed by atoms with van der Waals surface area (Å²) >= 11 is 1.65. The number of aromatic nitrogens is 3. The highest BCUT2D eigenvalue weighted by Gasteiger charge is 2.23. The van der Waals surface area contributed by atoms with Crippen LogP contribution in [0, 0.1) is 0 Å². The van der Waals surface area contributed by atoms with Crippen molar-refractivity contribution >= 4 is 23.4 Å². The number of hydrogen-bond donors (Lipinski definition) is 1. The summed E-state index contributed by atoms with van der Waals surface area (Å²) in [6.07, 6.45) is 0. The van der Waals surface area contributed by atoms with Crippen LogP contribution in [0.2, 0.25) is 0 Å². The molecule has 0 radical (unpaired) electrons. The third-order valence-corrected chi connectivity index (χ3v) is 5.20. The number of anilines is 1. The molecule has 2 aromatic carbocycles. The summed E-state index contributed by atoms with van der Waals surface area (Å²) in [6.45, 7) is 2.23. The predicted octanol–water partition coefficient (Wildman–Crippen LogP) is 3.65. The SMILES string of the molecule is CCSCn1nnc(-c2ccc(OC)cc2)c1C(=O)Nc1ccc2c(c1)OCO2. The molecule has 1 aromatic heterocycles. The summed E-state index contributed by atoms with van der Waals surface area (Å²) in [5.74, 6) is 3.13. The van der Waals surface area contributed by atoms with Crippen molar-refractivity contribution < 1.29 is 19.0 Å². The number of nitrogens with one attached hydrogen (secondary N) is 1. The molecule has 1 N–H and O–H groups in total. The molecule has 0 saturated carbocycles. The number of hydrogen-bond acceptors (Lipinski definition) is 7. The zero-order chi connectivity index (χ0) is 20.2. The van der Waals surface area contributed by atoms with E-state index in [1.165, 1.54) is 0 Å². The van der Waals surface area contributed by atoms with Crippen molar-refractivity contribution in [3.63, 3.8) is 0 Å². The lowest BCUT2D eigenvalue weighted by molar-refractivity contribution is 0.101. The molecule has 29 heavy (non-hydrogen) atoms. The van der Waals surface area contributed by atoms with Gasteiger partial charge in [0.15, 0.2) is 17.2 Å². The van der Waals surface area contributed by atoms with E-state index in [4.69, 9.17) is 14.2 Å². The number of methoxy groups -OCH3 is 1. The van der Waals surface area contributed by atoms with Crippen LogP contribution in [0.3, 0.4) is 0 Å². The van der Waals surface area contributed by atoms with Crippen molar-refractivity contribution in [1.82, 2.24) is 15.0 Å². The highest BCUT2D eigenvalue weighted by Crippen LogP contribution is 2.34. The lowest BCUT2D eigenvalue weighted by Crippen LogP contribution is -2.18. The molecular weight excluding hydrogens is 392 g/mol. The standard InChI is InChI=1S/C20H20N4O4S/c1-3-29-11-24-19(18(22-23-24)13-4-7-15(26-2)8-5-13)20(25)21-14-6-9-16-17(10-14)28-12-27-16/h4-10H,3,11-12H2,1-2H3,(H,21,25). The maximum absolute atomic E-state index is 13.2. The quantitative estimate of drug-likeness (QED) is 0.634. The molecule has 0 aliphatic carbocycles. The molecule has 1 aliphatic rings. The fourth-order valence-corrected chi connectivity index (χ4v) is 3.45. The van der Waals surface area contributed by atoms with Crippen molar-refractivity contribution in [2.24, 2.45) is 0 Å². The molecule has 1 amide bonds. The Labute approximate surface area is 172 Å². The van der Waals surface area contributed by atoms with E-state index < -0.39 is 0 Å². The smallest absolute Gasteiger partial charge is 0.276 e. The molecular formula is C20H20N4O4S. The van der Waals surface area contributed by atoms with E-state index in [1.54, 1.807) is 41.8 Å². The molecule has 0 unspecified atom stereocenters. The molecule has 0 spiro atoms. The molecule has 0 saturated heterocycles. The normalized spacial score (nSPS) is 12.1. The van der Waals surface area contributed by atoms with Crippen LogP contribution in [-0.2, 0) is 5.88 Å². The van der Waals surface area contributed by atoms with E-state index in [0.717, 1.165) is 17.1 Å². The Hall–Kier alpha value is -3.20. The van der Waals surface area contributed by atoms with Crippen molar-refractivity contribution in [3.05, 3.63) is 48.2 Å². The molecule has 4 rings (SSSR count). The van der Waals surface area contributed by atoms with Gasteiger partial charge in [0.05, 0.1) is 13.0 Å². The molecule has 0 bridgehead atoms. The minimum absolute atomic E-state index is 0.180. The van der Waals surface area contributed by atoms with Crippen molar-refractivity contribution in [1.29, 1.82) is 0 Å². The van der Waals surface area contributed by atoms with E-state index in [1.807, 2.05) is 24.3 Å². The molecule has 3 aromatic rings. The Bertz CT molecular complexity index is 1020. The Kier molecular flexibility index (Phi) is 5.57. The predicted molar refractivity (Wildman–Crippen MR) is 111 cm³/mol. The van der Waals surface area contributed by atoms with Crippen LogP contribution in [0.5, 0.6) is 17.2 Å². The van der Waals surface area contributed by atoms with Gasteiger partial charge in [0, 0.05) is 17.3 Å². The van der Waals surface area contributed by atoms with Gasteiger partial charge < -0.3 is 19.5 Å². The minimum Gasteiger partial charge on any atom is -0.497 e. The second-order valence-electron chi connectivity index (χ2n) is 6.16. The number of nitrogens with zero attached hydrogens (tertiary/aromatic N) is 3. The third-order valence-electron chi connectivity index (χ3n) is 4.36. The van der Waals surface area contributed by atoms with Gasteiger partial charge in [-0.15, -0.1) is 16.9 Å². The van der Waals surface area contributed by atoms with Crippen LogP contribution in [-0.4, -0.2) is 40.6 Å². The maximum atomic E-state index is 13.2. The topological polar surface area (TPSA) is 87.5 Å². The largest absolute Gasteiger partial charge is 0.497 e. The van der Waals surface area contributed by atoms with Gasteiger partial charge in [0.1, 0.15) is 11.4 Å². The van der Waals surface area contributed by atoms with E-state index in [-0.39, 0.29) is 12.7 Å². The number of thioether (sulfide) groups is 1. The zero-order valence-corrected chi connectivity index (χ0v) is 16.9. The third kappa shape index (κ3) is 4.00. The fourth-order valence-electron chi connectivity index (χ4n) is 2.91. The van der Waals surface area contributed by atoms with E-state index in [0.29, 0.717) is 34.5 Å². The zero-order valence-electron chi connectivity index (χ0n) is 16.0.